The minimum atomic E-state index is -1.57. The van der Waals surface area contributed by atoms with E-state index in [0.29, 0.717) is 22.2 Å². The zero-order valence-electron chi connectivity index (χ0n) is 47.8. The topological polar surface area (TPSA) is 185 Å². The Hall–Kier alpha value is -9.27. The highest BCUT2D eigenvalue weighted by Gasteiger charge is 2.54. The Balaban J connectivity index is 0.00000817. The van der Waals surface area contributed by atoms with Crippen LogP contribution in [0.1, 0.15) is 56.8 Å². The number of benzene rings is 7. The van der Waals surface area contributed by atoms with Crippen LogP contribution in [0, 0.1) is 0 Å². The summed E-state index contributed by atoms with van der Waals surface area (Å²) in [7, 11) is 1.91. The smallest absolute Gasteiger partial charge is 0.352 e. The number of thiazole rings is 1. The summed E-state index contributed by atoms with van der Waals surface area (Å²) in [5, 5.41) is 23.2. The average molecular weight is 1260 g/mol. The van der Waals surface area contributed by atoms with Gasteiger partial charge in [-0.05, 0) is 44.5 Å². The molecular formula is C70H58ClN7O8S3. The Labute approximate surface area is 533 Å². The number of β-lactam (4-membered cyclic amide) rings is 1. The van der Waals surface area contributed by atoms with Crippen LogP contribution >= 0.6 is 34.9 Å². The molecule has 0 bridgehead atoms. The van der Waals surface area contributed by atoms with Gasteiger partial charge in [0.2, 0.25) is 0 Å². The van der Waals surface area contributed by atoms with Crippen molar-refractivity contribution in [2.75, 3.05) is 16.8 Å². The summed E-state index contributed by atoms with van der Waals surface area (Å²) in [6, 6.07) is 70.8. The van der Waals surface area contributed by atoms with Crippen molar-refractivity contribution in [2.24, 2.45) is 17.2 Å². The van der Waals surface area contributed by atoms with E-state index in [1.807, 2.05) is 248 Å². The summed E-state index contributed by atoms with van der Waals surface area (Å²) >= 11 is 4.06. The number of aromatic nitrogens is 2. The number of nitrogens with one attached hydrogen (secondary N) is 2. The Kier molecular flexibility index (Phi) is 19.5. The van der Waals surface area contributed by atoms with Crippen molar-refractivity contribution >= 4 is 75.5 Å². The summed E-state index contributed by atoms with van der Waals surface area (Å²) in [5.74, 6) is -2.51. The molecule has 89 heavy (non-hydrogen) atoms. The number of aliphatic imine (C=N–C) groups is 1. The first-order valence-electron chi connectivity index (χ1n) is 28.3. The average Bonchev–Trinajstić information content (AvgIpc) is 1.22. The van der Waals surface area contributed by atoms with E-state index in [-0.39, 0.29) is 35.2 Å². The zero-order chi connectivity index (χ0) is 60.4. The van der Waals surface area contributed by atoms with E-state index in [0.717, 1.165) is 43.8 Å². The van der Waals surface area contributed by atoms with Gasteiger partial charge in [-0.2, -0.15) is 0 Å². The number of thioether (sulfide) groups is 2. The maximum Gasteiger partial charge on any atom is 0.352 e. The predicted molar refractivity (Wildman–Crippen MR) is 341 cm³/mol. The fourth-order valence-corrected chi connectivity index (χ4v) is 13.9. The van der Waals surface area contributed by atoms with E-state index in [1.54, 1.807) is 5.38 Å². The summed E-state index contributed by atoms with van der Waals surface area (Å²) in [6.07, 6.45) is 2.39. The Morgan fingerprint density at radius 2 is 1.21 bits per heavy atom. The van der Waals surface area contributed by atoms with E-state index in [9.17, 15) is 19.5 Å². The van der Waals surface area contributed by atoms with Crippen LogP contribution in [0.25, 0.3) is 0 Å². The lowest BCUT2D eigenvalue weighted by Crippen LogP contribution is -3.00. The van der Waals surface area contributed by atoms with Gasteiger partial charge in [0, 0.05) is 46.2 Å². The first-order valence-corrected chi connectivity index (χ1v) is 31.3. The number of aryl methyl sites for hydroxylation is 1. The predicted octanol–water partition coefficient (Wildman–Crippen LogP) is 8.47. The number of fused-ring (bicyclic) bond motifs is 1. The molecule has 2 amide bonds. The van der Waals surface area contributed by atoms with Gasteiger partial charge in [-0.15, -0.1) is 34.9 Å². The number of hydrogen-bond acceptors (Lipinski definition) is 14. The number of hydrogen-bond donors (Lipinski definition) is 3. The monoisotopic (exact) mass is 1260 g/mol. The largest absolute Gasteiger partial charge is 1.00 e. The van der Waals surface area contributed by atoms with Crippen LogP contribution in [0.3, 0.4) is 0 Å². The third-order valence-electron chi connectivity index (χ3n) is 15.1. The second-order valence-electron chi connectivity index (χ2n) is 20.8. The highest BCUT2D eigenvalue weighted by molar-refractivity contribution is 8.01. The van der Waals surface area contributed by atoms with Gasteiger partial charge in [-0.25, -0.2) is 14.3 Å². The fourth-order valence-electron chi connectivity index (χ4n) is 10.8. The van der Waals surface area contributed by atoms with Gasteiger partial charge in [0.05, 0.1) is 0 Å². The summed E-state index contributed by atoms with van der Waals surface area (Å²) in [5.41, 5.74) is 5.08. The molecule has 1 saturated heterocycles. The molecule has 3 N–H and O–H groups in total. The Bertz CT molecular complexity index is 3880. The summed E-state index contributed by atoms with van der Waals surface area (Å²) < 4.78 is 15.5. The molecule has 12 rings (SSSR count). The van der Waals surface area contributed by atoms with E-state index in [4.69, 9.17) is 24.3 Å². The molecule has 5 heterocycles. The number of pyridine rings is 1. The molecule has 7 aromatic carbocycles. The summed E-state index contributed by atoms with van der Waals surface area (Å²) in [4.78, 5) is 75.8. The van der Waals surface area contributed by atoms with Gasteiger partial charge < -0.3 is 42.5 Å². The lowest BCUT2D eigenvalue weighted by Gasteiger charge is -2.49. The SMILES string of the molecule is C[n+]1ccc(SCC2=C(C(=O)O)N3C(=O)[C@@H](NC(=O)/C(=N\OC(OC(c4ccccc4)c4ccccc4)C4=CC(=O)C(OC(c5ccccc5)c5ccccc5)C=N4)c4csc(NC(c5ccccc5)(c5ccccc5)c5ccccc5)n4)[C@H]3SC2)cc1.[Cl-]. The number of carbonyl (C=O) groups excluding carboxylic acids is 3. The Morgan fingerprint density at radius 1 is 0.719 bits per heavy atom. The van der Waals surface area contributed by atoms with E-state index < -0.39 is 65.1 Å². The third-order valence-corrected chi connectivity index (χ3v) is 18.3. The molecule has 2 unspecified atom stereocenters. The van der Waals surface area contributed by atoms with Crippen LogP contribution < -0.4 is 27.6 Å². The van der Waals surface area contributed by atoms with Gasteiger partial charge >= 0.3 is 5.97 Å². The lowest BCUT2D eigenvalue weighted by molar-refractivity contribution is -0.671. The maximum atomic E-state index is 15.3. The number of amides is 2. The van der Waals surface area contributed by atoms with E-state index in [2.05, 4.69) is 15.8 Å². The fraction of sp³-hybridized carbons (Fsp3) is 0.143. The number of nitrogens with zero attached hydrogens (tertiary/aromatic N) is 5. The molecule has 2 aromatic heterocycles. The van der Waals surface area contributed by atoms with Crippen molar-refractivity contribution in [1.29, 1.82) is 0 Å². The highest BCUT2D eigenvalue weighted by Crippen LogP contribution is 2.43. The molecule has 0 saturated carbocycles. The van der Waals surface area contributed by atoms with Crippen molar-refractivity contribution in [3.63, 3.8) is 0 Å². The number of aliphatic carboxylic acids is 1. The van der Waals surface area contributed by atoms with Crippen LogP contribution in [-0.4, -0.2) is 85.8 Å². The van der Waals surface area contributed by atoms with Gasteiger partial charge in [0.1, 0.15) is 53.3 Å². The Morgan fingerprint density at radius 3 is 1.71 bits per heavy atom. The molecule has 3 aliphatic rings. The summed E-state index contributed by atoms with van der Waals surface area (Å²) in [6.45, 7) is 0. The molecule has 1 fully saturated rings. The quantitative estimate of drug-likeness (QED) is 0.0106. The van der Waals surface area contributed by atoms with Crippen LogP contribution in [-0.2, 0) is 46.1 Å². The van der Waals surface area contributed by atoms with Crippen LogP contribution in [0.5, 0.6) is 0 Å². The van der Waals surface area contributed by atoms with Crippen molar-refractivity contribution in [1.82, 2.24) is 15.2 Å². The highest BCUT2D eigenvalue weighted by atomic mass is 35.5. The lowest BCUT2D eigenvalue weighted by atomic mass is 9.77. The first-order chi connectivity index (χ1) is 43.1. The van der Waals surface area contributed by atoms with E-state index >= 15 is 4.79 Å². The second-order valence-corrected chi connectivity index (χ2v) is 23.9. The van der Waals surface area contributed by atoms with E-state index in [1.165, 1.54) is 52.1 Å². The molecule has 0 aliphatic carbocycles. The number of halogens is 1. The molecule has 15 nitrogen and oxygen atoms in total. The number of ether oxygens (including phenoxy) is 2. The standard InChI is InChI=1S/C70H57N7O8S3.ClH/c1-76-39-37-54(38-40-76)86-43-50-44-87-66-60(65(80)77(66)61(50)67(81)82)73-64(79)59(56-45-88-69(72-56)74-70(51-31-17-6-18-32-51,52-33-19-7-20-34-52)53-35-21-8-22-36-53)75-85-68(84-63(48-27-13-4-14-28-48)49-29-15-5-16-30-49)55-41-57(78)58(42-71-55)83-62(46-23-9-2-10-24-46)47-25-11-3-12-26-47;/h2-42,45,58,60,62-63,66,68H,43-44H2,1H3,(H2-,72,73,74,79,81,82);1H/b75-59-;/t58?,60-,66-,68?;/m1./s1. The number of anilines is 1. The van der Waals surface area contributed by atoms with Gasteiger partial charge in [0.25, 0.3) is 18.1 Å². The number of carbonyl (C=O) groups is 4. The molecule has 4 atom stereocenters. The minimum absolute atomic E-state index is 0. The second kappa shape index (κ2) is 28.3. The van der Waals surface area contributed by atoms with Crippen LogP contribution in [0.15, 0.2) is 280 Å². The van der Waals surface area contributed by atoms with Crippen LogP contribution in [0.2, 0.25) is 0 Å². The van der Waals surface area contributed by atoms with Gasteiger partial charge in [0.15, 0.2) is 35.1 Å². The van der Waals surface area contributed by atoms with Crippen molar-refractivity contribution < 1.29 is 55.6 Å². The number of ketones is 1. The molecule has 3 aliphatic heterocycles. The number of rotatable bonds is 23. The molecule has 0 radical (unpaired) electrons. The molecule has 446 valence electrons. The first kappa shape index (κ1) is 61.4. The number of oxime groups is 1. The normalized spacial score (nSPS) is 16.8. The van der Waals surface area contributed by atoms with Crippen molar-refractivity contribution in [2.45, 2.75) is 46.5 Å². The molecule has 0 spiro atoms. The molecular weight excluding hydrogens is 1200 g/mol. The third kappa shape index (κ3) is 13.6. The minimum Gasteiger partial charge on any atom is -1.00 e. The number of carboxylic acids is 1. The molecule has 19 heteroatoms. The van der Waals surface area contributed by atoms with Crippen molar-refractivity contribution in [3.8, 4) is 0 Å². The molecule has 9 aromatic rings. The van der Waals surface area contributed by atoms with Crippen LogP contribution in [0.4, 0.5) is 5.13 Å². The zero-order valence-corrected chi connectivity index (χ0v) is 51.0. The van der Waals surface area contributed by atoms with Gasteiger partial charge in [-0.3, -0.25) is 24.3 Å². The van der Waals surface area contributed by atoms with Gasteiger partial charge in [-0.1, -0.05) is 217 Å². The van der Waals surface area contributed by atoms with Crippen molar-refractivity contribution in [3.05, 3.63) is 310 Å². The maximum absolute atomic E-state index is 15.3. The number of carboxylic acid groups (broad SMARTS) is 1.